The fourth-order valence-electron chi connectivity index (χ4n) is 2.72. The largest absolute Gasteiger partial charge is 0.465 e. The predicted molar refractivity (Wildman–Crippen MR) is 111 cm³/mol. The Morgan fingerprint density at radius 3 is 2.52 bits per heavy atom. The van der Waals surface area contributed by atoms with Crippen LogP contribution in [0, 0.1) is 0 Å². The number of sulfone groups is 1. The Kier molecular flexibility index (Phi) is 6.37. The topological polar surface area (TPSA) is 133 Å². The Balaban J connectivity index is 1.84. The maximum Gasteiger partial charge on any atom is 0.339 e. The lowest BCUT2D eigenvalue weighted by atomic mass is 10.2. The minimum Gasteiger partial charge on any atom is -0.465 e. The standard InChI is InChI=1S/C19H18ClN5O5S/c1-11(24-18(26)13-6-14(20)8-15(7-13)31(3,28)29)17-22-10-23-25(17)16-5-4-12(9-21-16)19(27)30-2/h4-11H,1-3H3,(H,24,26)/t11-/m0/s1. The molecule has 2 heterocycles. The molecule has 0 aliphatic rings. The lowest BCUT2D eigenvalue weighted by Gasteiger charge is -2.15. The number of carbonyl (C=O) groups is 2. The number of nitrogens with one attached hydrogen (secondary N) is 1. The molecule has 2 aromatic heterocycles. The van der Waals surface area contributed by atoms with Gasteiger partial charge in [0.15, 0.2) is 21.5 Å². The van der Waals surface area contributed by atoms with Crippen molar-refractivity contribution in [3.63, 3.8) is 0 Å². The molecular weight excluding hydrogens is 446 g/mol. The lowest BCUT2D eigenvalue weighted by molar-refractivity contribution is 0.0600. The van der Waals surface area contributed by atoms with Gasteiger partial charge in [0, 0.05) is 23.0 Å². The van der Waals surface area contributed by atoms with Crippen LogP contribution < -0.4 is 5.32 Å². The first-order chi connectivity index (χ1) is 14.6. The molecule has 0 radical (unpaired) electrons. The molecule has 0 aliphatic carbocycles. The van der Waals surface area contributed by atoms with Crippen LogP contribution in [0.25, 0.3) is 5.82 Å². The van der Waals surface area contributed by atoms with E-state index in [2.05, 4.69) is 25.1 Å². The number of ether oxygens (including phenoxy) is 1. The van der Waals surface area contributed by atoms with E-state index < -0.39 is 27.8 Å². The number of hydrogen-bond acceptors (Lipinski definition) is 8. The Bertz CT molecular complexity index is 1240. The smallest absolute Gasteiger partial charge is 0.339 e. The highest BCUT2D eigenvalue weighted by Crippen LogP contribution is 2.20. The molecule has 1 atom stereocenters. The molecule has 1 amide bonds. The summed E-state index contributed by atoms with van der Waals surface area (Å²) in [6.45, 7) is 1.68. The Labute approximate surface area is 183 Å². The summed E-state index contributed by atoms with van der Waals surface area (Å²) in [5.74, 6) is -0.308. The zero-order valence-corrected chi connectivity index (χ0v) is 18.3. The highest BCUT2D eigenvalue weighted by atomic mass is 35.5. The zero-order valence-electron chi connectivity index (χ0n) is 16.7. The molecule has 0 spiro atoms. The van der Waals surface area contributed by atoms with Gasteiger partial charge in [-0.05, 0) is 37.3 Å². The third-order valence-corrected chi connectivity index (χ3v) is 5.57. The normalized spacial score (nSPS) is 12.3. The molecular formula is C19H18ClN5O5S. The fraction of sp³-hybridized carbons (Fsp3) is 0.211. The van der Waals surface area contributed by atoms with Gasteiger partial charge in [-0.1, -0.05) is 11.6 Å². The maximum atomic E-state index is 12.7. The first-order valence-corrected chi connectivity index (χ1v) is 11.1. The van der Waals surface area contributed by atoms with Crippen LogP contribution in [0.4, 0.5) is 0 Å². The minimum atomic E-state index is -3.54. The highest BCUT2D eigenvalue weighted by molar-refractivity contribution is 7.90. The molecule has 31 heavy (non-hydrogen) atoms. The van der Waals surface area contributed by atoms with Gasteiger partial charge in [-0.25, -0.2) is 23.2 Å². The first kappa shape index (κ1) is 22.4. The number of nitrogens with zero attached hydrogens (tertiary/aromatic N) is 4. The summed E-state index contributed by atoms with van der Waals surface area (Å²) in [5, 5.41) is 6.98. The number of benzene rings is 1. The average Bonchev–Trinajstić information content (AvgIpc) is 3.22. The van der Waals surface area contributed by atoms with Crippen molar-refractivity contribution in [1.82, 2.24) is 25.1 Å². The van der Waals surface area contributed by atoms with E-state index in [0.29, 0.717) is 11.6 Å². The molecule has 0 saturated heterocycles. The van der Waals surface area contributed by atoms with Crippen LogP contribution in [0.2, 0.25) is 5.02 Å². The number of hydrogen-bond donors (Lipinski definition) is 1. The van der Waals surface area contributed by atoms with Gasteiger partial charge in [0.2, 0.25) is 0 Å². The summed E-state index contributed by atoms with van der Waals surface area (Å²) in [4.78, 5) is 32.5. The van der Waals surface area contributed by atoms with Crippen molar-refractivity contribution >= 4 is 33.3 Å². The van der Waals surface area contributed by atoms with E-state index in [4.69, 9.17) is 11.6 Å². The van der Waals surface area contributed by atoms with Crippen LogP contribution in [0.1, 0.15) is 39.5 Å². The molecule has 10 nitrogen and oxygen atoms in total. The first-order valence-electron chi connectivity index (χ1n) is 8.86. The molecule has 0 aliphatic heterocycles. The highest BCUT2D eigenvalue weighted by Gasteiger charge is 2.20. The van der Waals surface area contributed by atoms with Gasteiger partial charge in [0.05, 0.1) is 23.6 Å². The summed E-state index contributed by atoms with van der Waals surface area (Å²) in [5.41, 5.74) is 0.364. The molecule has 1 aromatic carbocycles. The van der Waals surface area contributed by atoms with Crippen LogP contribution in [0.5, 0.6) is 0 Å². The van der Waals surface area contributed by atoms with Crippen LogP contribution >= 0.6 is 11.6 Å². The lowest BCUT2D eigenvalue weighted by Crippen LogP contribution is -2.29. The zero-order chi connectivity index (χ0) is 22.8. The summed E-state index contributed by atoms with van der Waals surface area (Å²) in [7, 11) is -2.27. The van der Waals surface area contributed by atoms with Crippen molar-refractivity contribution in [2.75, 3.05) is 13.4 Å². The van der Waals surface area contributed by atoms with E-state index in [1.54, 1.807) is 13.0 Å². The maximum absolute atomic E-state index is 12.7. The van der Waals surface area contributed by atoms with Gasteiger partial charge in [0.25, 0.3) is 5.91 Å². The van der Waals surface area contributed by atoms with E-state index in [1.165, 1.54) is 48.6 Å². The second-order valence-corrected chi connectivity index (χ2v) is 9.02. The Morgan fingerprint density at radius 2 is 1.90 bits per heavy atom. The van der Waals surface area contributed by atoms with Crippen molar-refractivity contribution in [1.29, 1.82) is 0 Å². The monoisotopic (exact) mass is 463 g/mol. The molecule has 162 valence electrons. The van der Waals surface area contributed by atoms with Crippen LogP contribution in [-0.2, 0) is 14.6 Å². The van der Waals surface area contributed by atoms with E-state index in [0.717, 1.165) is 6.26 Å². The average molecular weight is 464 g/mol. The Morgan fingerprint density at radius 1 is 1.16 bits per heavy atom. The quantitative estimate of drug-likeness (QED) is 0.548. The number of carbonyl (C=O) groups excluding carboxylic acids is 2. The third kappa shape index (κ3) is 5.06. The van der Waals surface area contributed by atoms with E-state index in [9.17, 15) is 18.0 Å². The summed E-state index contributed by atoms with van der Waals surface area (Å²) in [6.07, 6.45) is 3.67. The number of pyridine rings is 1. The number of amides is 1. The number of aromatic nitrogens is 4. The van der Waals surface area contributed by atoms with Crippen LogP contribution in [0.15, 0.2) is 47.8 Å². The molecule has 0 bridgehead atoms. The van der Waals surface area contributed by atoms with Gasteiger partial charge in [0.1, 0.15) is 6.33 Å². The van der Waals surface area contributed by atoms with Crippen molar-refractivity contribution < 1.29 is 22.7 Å². The van der Waals surface area contributed by atoms with E-state index in [-0.39, 0.29) is 21.0 Å². The second kappa shape index (κ2) is 8.82. The van der Waals surface area contributed by atoms with Crippen molar-refractivity contribution in [3.05, 3.63) is 64.8 Å². The second-order valence-electron chi connectivity index (χ2n) is 6.57. The van der Waals surface area contributed by atoms with E-state index >= 15 is 0 Å². The Hall–Kier alpha value is -3.31. The minimum absolute atomic E-state index is 0.0594. The molecule has 0 unspecified atom stereocenters. The van der Waals surface area contributed by atoms with Crippen LogP contribution in [-0.4, -0.2) is 53.4 Å². The molecule has 3 rings (SSSR count). The molecule has 1 N–H and O–H groups in total. The van der Waals surface area contributed by atoms with Gasteiger partial charge in [-0.3, -0.25) is 4.79 Å². The molecule has 0 fully saturated rings. The van der Waals surface area contributed by atoms with Gasteiger partial charge < -0.3 is 10.1 Å². The van der Waals surface area contributed by atoms with Crippen molar-refractivity contribution in [3.8, 4) is 5.82 Å². The van der Waals surface area contributed by atoms with Crippen LogP contribution in [0.3, 0.4) is 0 Å². The van der Waals surface area contributed by atoms with Crippen molar-refractivity contribution in [2.45, 2.75) is 17.9 Å². The molecule has 12 heteroatoms. The number of methoxy groups -OCH3 is 1. The third-order valence-electron chi connectivity index (χ3n) is 4.26. The summed E-state index contributed by atoms with van der Waals surface area (Å²) < 4.78 is 29.7. The van der Waals surface area contributed by atoms with E-state index in [1.807, 2.05) is 0 Å². The fourth-order valence-corrected chi connectivity index (χ4v) is 3.71. The SMILES string of the molecule is COC(=O)c1ccc(-n2ncnc2[C@H](C)NC(=O)c2cc(Cl)cc(S(C)(=O)=O)c2)nc1. The number of esters is 1. The number of halogens is 1. The summed E-state index contributed by atoms with van der Waals surface area (Å²) in [6, 6.07) is 6.38. The van der Waals surface area contributed by atoms with Crippen molar-refractivity contribution in [2.24, 2.45) is 0 Å². The molecule has 0 saturated carbocycles. The van der Waals surface area contributed by atoms with Gasteiger partial charge >= 0.3 is 5.97 Å². The summed E-state index contributed by atoms with van der Waals surface area (Å²) >= 11 is 5.97. The molecule has 3 aromatic rings. The number of rotatable bonds is 6. The van der Waals surface area contributed by atoms with Gasteiger partial charge in [-0.2, -0.15) is 9.78 Å². The predicted octanol–water partition coefficient (Wildman–Crippen LogP) is 2.00. The van der Waals surface area contributed by atoms with Gasteiger partial charge in [-0.15, -0.1) is 0 Å².